The van der Waals surface area contributed by atoms with E-state index in [1.807, 2.05) is 4.90 Å². The zero-order valence-corrected chi connectivity index (χ0v) is 18.7. The first-order valence-electron chi connectivity index (χ1n) is 10.6. The fourth-order valence-electron chi connectivity index (χ4n) is 5.06. The summed E-state index contributed by atoms with van der Waals surface area (Å²) in [6.45, 7) is 13.1. The third kappa shape index (κ3) is 3.54. The van der Waals surface area contributed by atoms with E-state index >= 15 is 0 Å². The number of anilines is 1. The molecule has 0 saturated carbocycles. The summed E-state index contributed by atoms with van der Waals surface area (Å²) < 4.78 is 0. The number of likely N-dealkylation sites (tertiary alicyclic amines) is 1. The fourth-order valence-corrected chi connectivity index (χ4v) is 6.13. The molecule has 1 aliphatic carbocycles. The molecule has 152 valence electrons. The van der Waals surface area contributed by atoms with Crippen LogP contribution in [0.4, 0.5) is 5.69 Å². The molecule has 0 spiro atoms. The van der Waals surface area contributed by atoms with Crippen LogP contribution in [0.2, 0.25) is 0 Å². The van der Waals surface area contributed by atoms with Crippen LogP contribution in [0.3, 0.4) is 0 Å². The van der Waals surface area contributed by atoms with Crippen LogP contribution in [0.15, 0.2) is 6.07 Å². The van der Waals surface area contributed by atoms with E-state index in [-0.39, 0.29) is 5.91 Å². The van der Waals surface area contributed by atoms with Gasteiger partial charge < -0.3 is 10.6 Å². The maximum atomic E-state index is 13.2. The molecule has 28 heavy (non-hydrogen) atoms. The molecule has 1 saturated heterocycles. The van der Waals surface area contributed by atoms with E-state index in [1.165, 1.54) is 35.4 Å². The minimum atomic E-state index is 0.0874. The first-order valence-corrected chi connectivity index (χ1v) is 11.4. The molecule has 5 heteroatoms. The van der Waals surface area contributed by atoms with Crippen molar-refractivity contribution >= 4 is 33.1 Å². The van der Waals surface area contributed by atoms with E-state index in [1.54, 1.807) is 0 Å². The summed E-state index contributed by atoms with van der Waals surface area (Å²) in [6, 6.07) is 2.22. The molecule has 4 rings (SSSR count). The highest BCUT2D eigenvalue weighted by Gasteiger charge is 2.32. The van der Waals surface area contributed by atoms with Crippen molar-refractivity contribution < 1.29 is 4.79 Å². The largest absolute Gasteiger partial charge is 0.397 e. The molecular formula is C23H33N3OS. The van der Waals surface area contributed by atoms with Gasteiger partial charge in [0.05, 0.1) is 5.69 Å². The minimum Gasteiger partial charge on any atom is -0.397 e. The van der Waals surface area contributed by atoms with Crippen molar-refractivity contribution in [2.24, 2.45) is 23.2 Å². The normalized spacial score (nSPS) is 25.8. The summed E-state index contributed by atoms with van der Waals surface area (Å²) in [5.41, 5.74) is 9.95. The van der Waals surface area contributed by atoms with E-state index < -0.39 is 0 Å². The SMILES string of the molecule is CC1CC(C)CN(C(=O)c2sc3nc4c(cc3c2N)CC(C(C)(C)C)CC4)C1. The number of nitrogen functional groups attached to an aromatic ring is 1. The number of aryl methyl sites for hydroxylation is 1. The van der Waals surface area contributed by atoms with Crippen LogP contribution in [-0.2, 0) is 12.8 Å². The number of pyridine rings is 1. The third-order valence-corrected chi connectivity index (χ3v) is 7.76. The molecule has 2 aliphatic rings. The maximum absolute atomic E-state index is 13.2. The molecule has 0 aromatic carbocycles. The highest BCUT2D eigenvalue weighted by atomic mass is 32.1. The maximum Gasteiger partial charge on any atom is 0.266 e. The topological polar surface area (TPSA) is 59.2 Å². The lowest BCUT2D eigenvalue weighted by atomic mass is 9.71. The molecule has 3 atom stereocenters. The van der Waals surface area contributed by atoms with Crippen LogP contribution >= 0.6 is 11.3 Å². The predicted octanol–water partition coefficient (Wildman–Crippen LogP) is 5.15. The molecule has 2 aromatic heterocycles. The molecule has 1 aliphatic heterocycles. The van der Waals surface area contributed by atoms with Gasteiger partial charge in [-0.1, -0.05) is 34.6 Å². The molecule has 3 unspecified atom stereocenters. The molecule has 0 bridgehead atoms. The molecule has 3 heterocycles. The Labute approximate surface area is 172 Å². The van der Waals surface area contributed by atoms with Gasteiger partial charge in [-0.3, -0.25) is 4.79 Å². The monoisotopic (exact) mass is 399 g/mol. The average Bonchev–Trinajstić information content (AvgIpc) is 2.93. The lowest BCUT2D eigenvalue weighted by molar-refractivity contribution is 0.0629. The number of fused-ring (bicyclic) bond motifs is 2. The lowest BCUT2D eigenvalue weighted by Gasteiger charge is -2.34. The Balaban J connectivity index is 1.67. The van der Waals surface area contributed by atoms with E-state index in [4.69, 9.17) is 10.7 Å². The zero-order chi connectivity index (χ0) is 20.2. The van der Waals surface area contributed by atoms with Crippen molar-refractivity contribution in [3.63, 3.8) is 0 Å². The van der Waals surface area contributed by atoms with E-state index in [0.29, 0.717) is 33.7 Å². The van der Waals surface area contributed by atoms with E-state index in [9.17, 15) is 4.79 Å². The number of hydrogen-bond donors (Lipinski definition) is 1. The summed E-state index contributed by atoms with van der Waals surface area (Å²) in [5.74, 6) is 1.84. The average molecular weight is 400 g/mol. The highest BCUT2D eigenvalue weighted by Crippen LogP contribution is 2.41. The number of nitrogens with two attached hydrogens (primary N) is 1. The van der Waals surface area contributed by atoms with Gasteiger partial charge in [0.25, 0.3) is 5.91 Å². The van der Waals surface area contributed by atoms with Crippen molar-refractivity contribution in [3.8, 4) is 0 Å². The molecule has 4 nitrogen and oxygen atoms in total. The van der Waals surface area contributed by atoms with Gasteiger partial charge in [-0.2, -0.15) is 0 Å². The Morgan fingerprint density at radius 2 is 1.93 bits per heavy atom. The third-order valence-electron chi connectivity index (χ3n) is 6.66. The van der Waals surface area contributed by atoms with Crippen molar-refractivity contribution in [2.45, 2.75) is 60.3 Å². The van der Waals surface area contributed by atoms with Crippen molar-refractivity contribution in [1.82, 2.24) is 9.88 Å². The number of amides is 1. The Morgan fingerprint density at radius 1 is 1.25 bits per heavy atom. The predicted molar refractivity (Wildman–Crippen MR) is 118 cm³/mol. The Bertz CT molecular complexity index is 901. The van der Waals surface area contributed by atoms with Crippen LogP contribution in [-0.4, -0.2) is 28.9 Å². The first kappa shape index (κ1) is 19.7. The Kier molecular flexibility index (Phi) is 4.93. The van der Waals surface area contributed by atoms with Crippen molar-refractivity contribution in [2.75, 3.05) is 18.8 Å². The van der Waals surface area contributed by atoms with Crippen LogP contribution in [0.5, 0.6) is 0 Å². The minimum absolute atomic E-state index is 0.0874. The second-order valence-corrected chi connectivity index (χ2v) is 11.3. The number of rotatable bonds is 1. The van der Waals surface area contributed by atoms with Gasteiger partial charge in [0.1, 0.15) is 9.71 Å². The van der Waals surface area contributed by atoms with Gasteiger partial charge in [-0.05, 0) is 60.5 Å². The van der Waals surface area contributed by atoms with Gasteiger partial charge in [0, 0.05) is 24.2 Å². The van der Waals surface area contributed by atoms with Gasteiger partial charge in [-0.25, -0.2) is 4.98 Å². The molecule has 2 aromatic rings. The zero-order valence-electron chi connectivity index (χ0n) is 17.8. The summed E-state index contributed by atoms with van der Waals surface area (Å²) in [4.78, 5) is 21.8. The first-order chi connectivity index (χ1) is 13.1. The summed E-state index contributed by atoms with van der Waals surface area (Å²) in [7, 11) is 0. The summed E-state index contributed by atoms with van der Waals surface area (Å²) >= 11 is 1.48. The number of nitrogens with zero attached hydrogens (tertiary/aromatic N) is 2. The second-order valence-electron chi connectivity index (χ2n) is 10.3. The number of carbonyl (C=O) groups is 1. The van der Waals surface area contributed by atoms with Gasteiger partial charge in [-0.15, -0.1) is 11.3 Å². The molecule has 1 amide bonds. The van der Waals surface area contributed by atoms with Gasteiger partial charge in [0.15, 0.2) is 0 Å². The van der Waals surface area contributed by atoms with Gasteiger partial charge >= 0.3 is 0 Å². The van der Waals surface area contributed by atoms with Gasteiger partial charge in [0.2, 0.25) is 0 Å². The number of aromatic nitrogens is 1. The van der Waals surface area contributed by atoms with Crippen LogP contribution in [0.1, 0.15) is 68.4 Å². The molecule has 2 N–H and O–H groups in total. The Hall–Kier alpha value is -1.62. The lowest BCUT2D eigenvalue weighted by Crippen LogP contribution is -2.42. The standard InChI is InChI=1S/C23H33N3OS/c1-13-8-14(2)12-26(11-13)22(27)20-19(24)17-10-15-9-16(23(3,4)5)6-7-18(15)25-21(17)28-20/h10,13-14,16H,6-9,11-12,24H2,1-5H3. The highest BCUT2D eigenvalue weighted by molar-refractivity contribution is 7.21. The fraction of sp³-hybridized carbons (Fsp3) is 0.652. The number of piperidine rings is 1. The molecular weight excluding hydrogens is 366 g/mol. The summed E-state index contributed by atoms with van der Waals surface area (Å²) in [6.07, 6.45) is 4.46. The number of hydrogen-bond acceptors (Lipinski definition) is 4. The quantitative estimate of drug-likeness (QED) is 0.721. The van der Waals surface area contributed by atoms with Crippen LogP contribution < -0.4 is 5.73 Å². The Morgan fingerprint density at radius 3 is 2.57 bits per heavy atom. The van der Waals surface area contributed by atoms with Crippen molar-refractivity contribution in [3.05, 3.63) is 22.2 Å². The van der Waals surface area contributed by atoms with Crippen molar-refractivity contribution in [1.29, 1.82) is 0 Å². The number of thiophene rings is 1. The van der Waals surface area contributed by atoms with Crippen LogP contribution in [0, 0.1) is 23.2 Å². The van der Waals surface area contributed by atoms with E-state index in [0.717, 1.165) is 36.1 Å². The molecule has 0 radical (unpaired) electrons. The van der Waals surface area contributed by atoms with E-state index in [2.05, 4.69) is 40.7 Å². The molecule has 1 fully saturated rings. The summed E-state index contributed by atoms with van der Waals surface area (Å²) in [5, 5.41) is 0.972. The smallest absolute Gasteiger partial charge is 0.266 e. The van der Waals surface area contributed by atoms with Crippen LogP contribution in [0.25, 0.3) is 10.2 Å². The number of carbonyl (C=O) groups excluding carboxylic acids is 1. The second kappa shape index (κ2) is 7.01.